The quantitative estimate of drug-likeness (QED) is 0.894. The van der Waals surface area contributed by atoms with Crippen LogP contribution in [0.2, 0.25) is 0 Å². The molecule has 0 amide bonds. The lowest BCUT2D eigenvalue weighted by Crippen LogP contribution is -2.24. The van der Waals surface area contributed by atoms with E-state index in [4.69, 9.17) is 0 Å². The van der Waals surface area contributed by atoms with Crippen molar-refractivity contribution < 1.29 is 0 Å². The molecule has 3 heteroatoms. The molecule has 3 nitrogen and oxygen atoms in total. The molecule has 0 aliphatic carbocycles. The van der Waals surface area contributed by atoms with Crippen molar-refractivity contribution in [2.75, 3.05) is 6.54 Å². The van der Waals surface area contributed by atoms with E-state index < -0.39 is 0 Å². The molecule has 1 aromatic heterocycles. The number of hydrogen-bond donors (Lipinski definition) is 1. The zero-order valence-electron chi connectivity index (χ0n) is 11.1. The molecule has 1 heterocycles. The third-order valence-electron chi connectivity index (χ3n) is 3.21. The van der Waals surface area contributed by atoms with Gasteiger partial charge in [-0.25, -0.2) is 9.97 Å². The minimum absolute atomic E-state index is 0.0658. The molecule has 0 fully saturated rings. The highest BCUT2D eigenvalue weighted by Crippen LogP contribution is 2.24. The van der Waals surface area contributed by atoms with E-state index in [1.54, 1.807) is 12.4 Å². The molecule has 1 unspecified atom stereocenters. The molecule has 1 atom stereocenters. The van der Waals surface area contributed by atoms with E-state index in [-0.39, 0.29) is 6.04 Å². The summed E-state index contributed by atoms with van der Waals surface area (Å²) in [6, 6.07) is 8.27. The van der Waals surface area contributed by atoms with Crippen LogP contribution in [0.15, 0.2) is 36.7 Å². The molecule has 2 aromatic rings. The molecule has 0 saturated heterocycles. The fourth-order valence-electron chi connectivity index (χ4n) is 2.09. The highest BCUT2D eigenvalue weighted by Gasteiger charge is 2.17. The van der Waals surface area contributed by atoms with Gasteiger partial charge in [-0.1, -0.05) is 25.1 Å². The van der Waals surface area contributed by atoms with Gasteiger partial charge < -0.3 is 5.32 Å². The van der Waals surface area contributed by atoms with Crippen molar-refractivity contribution in [3.8, 4) is 0 Å². The van der Waals surface area contributed by atoms with E-state index >= 15 is 0 Å². The maximum atomic E-state index is 4.37. The maximum Gasteiger partial charge on any atom is 0.149 e. The van der Waals surface area contributed by atoms with Gasteiger partial charge in [0.15, 0.2) is 0 Å². The Kier molecular flexibility index (Phi) is 4.05. The number of rotatable bonds is 4. The summed E-state index contributed by atoms with van der Waals surface area (Å²) in [5, 5.41) is 3.46. The van der Waals surface area contributed by atoms with E-state index in [0.717, 1.165) is 12.4 Å². The highest BCUT2D eigenvalue weighted by atomic mass is 15.0. The number of aromatic nitrogens is 2. The molecule has 18 heavy (non-hydrogen) atoms. The van der Waals surface area contributed by atoms with Gasteiger partial charge in [0.05, 0.1) is 6.04 Å². The largest absolute Gasteiger partial charge is 0.304 e. The van der Waals surface area contributed by atoms with E-state index in [2.05, 4.69) is 54.3 Å². The molecule has 0 saturated carbocycles. The molecule has 1 aromatic carbocycles. The summed E-state index contributed by atoms with van der Waals surface area (Å²) in [7, 11) is 0. The summed E-state index contributed by atoms with van der Waals surface area (Å²) in [5.74, 6) is 0.827. The van der Waals surface area contributed by atoms with Crippen LogP contribution in [0.25, 0.3) is 0 Å². The van der Waals surface area contributed by atoms with E-state index in [1.165, 1.54) is 16.7 Å². The number of nitrogens with one attached hydrogen (secondary N) is 1. The lowest BCUT2D eigenvalue weighted by molar-refractivity contribution is 0.594. The SMILES string of the molecule is CCNC(c1ncccn1)c1cccc(C)c1C. The van der Waals surface area contributed by atoms with Crippen LogP contribution in [0.1, 0.15) is 35.5 Å². The summed E-state index contributed by atoms with van der Waals surface area (Å²) in [6.45, 7) is 7.27. The summed E-state index contributed by atoms with van der Waals surface area (Å²) in [4.78, 5) is 8.74. The van der Waals surface area contributed by atoms with E-state index in [9.17, 15) is 0 Å². The van der Waals surface area contributed by atoms with Crippen molar-refractivity contribution in [2.45, 2.75) is 26.8 Å². The summed E-state index contributed by atoms with van der Waals surface area (Å²) in [6.07, 6.45) is 3.58. The first-order chi connectivity index (χ1) is 8.74. The fourth-order valence-corrected chi connectivity index (χ4v) is 2.09. The first kappa shape index (κ1) is 12.7. The van der Waals surface area contributed by atoms with Gasteiger partial charge in [0.1, 0.15) is 5.82 Å². The highest BCUT2D eigenvalue weighted by molar-refractivity contribution is 5.37. The van der Waals surface area contributed by atoms with Crippen LogP contribution in [-0.2, 0) is 0 Å². The normalized spacial score (nSPS) is 12.4. The molecule has 0 aliphatic rings. The van der Waals surface area contributed by atoms with Crippen LogP contribution in [0.4, 0.5) is 0 Å². The van der Waals surface area contributed by atoms with Gasteiger partial charge in [-0.3, -0.25) is 0 Å². The van der Waals surface area contributed by atoms with Crippen molar-refractivity contribution >= 4 is 0 Å². The number of hydrogen-bond acceptors (Lipinski definition) is 3. The Morgan fingerprint density at radius 2 is 1.83 bits per heavy atom. The minimum atomic E-state index is 0.0658. The Hall–Kier alpha value is -1.74. The minimum Gasteiger partial charge on any atom is -0.304 e. The Balaban J connectivity index is 2.45. The maximum absolute atomic E-state index is 4.37. The van der Waals surface area contributed by atoms with Crippen LogP contribution < -0.4 is 5.32 Å². The van der Waals surface area contributed by atoms with Crippen molar-refractivity contribution in [2.24, 2.45) is 0 Å². The lowest BCUT2D eigenvalue weighted by atomic mass is 9.97. The lowest BCUT2D eigenvalue weighted by Gasteiger charge is -2.19. The van der Waals surface area contributed by atoms with Crippen molar-refractivity contribution in [1.82, 2.24) is 15.3 Å². The standard InChI is InChI=1S/C15H19N3/c1-4-16-14(15-17-9-6-10-18-15)13-8-5-7-11(2)12(13)3/h5-10,14,16H,4H2,1-3H3. The molecule has 2 rings (SSSR count). The number of aryl methyl sites for hydroxylation is 1. The monoisotopic (exact) mass is 241 g/mol. The summed E-state index contributed by atoms with van der Waals surface area (Å²) >= 11 is 0. The number of benzene rings is 1. The second kappa shape index (κ2) is 5.74. The first-order valence-corrected chi connectivity index (χ1v) is 6.30. The predicted molar refractivity (Wildman–Crippen MR) is 73.5 cm³/mol. The summed E-state index contributed by atoms with van der Waals surface area (Å²) < 4.78 is 0. The van der Waals surface area contributed by atoms with Crippen molar-refractivity contribution in [3.05, 3.63) is 59.2 Å². The third kappa shape index (κ3) is 2.57. The Morgan fingerprint density at radius 3 is 2.50 bits per heavy atom. The molecule has 94 valence electrons. The predicted octanol–water partition coefficient (Wildman–Crippen LogP) is 2.79. The molecular weight excluding hydrogens is 222 g/mol. The smallest absolute Gasteiger partial charge is 0.149 e. The third-order valence-corrected chi connectivity index (χ3v) is 3.21. The number of nitrogens with zero attached hydrogens (tertiary/aromatic N) is 2. The fraction of sp³-hybridized carbons (Fsp3) is 0.333. The first-order valence-electron chi connectivity index (χ1n) is 6.30. The average Bonchev–Trinajstić information content (AvgIpc) is 2.41. The molecule has 0 bridgehead atoms. The second-order valence-electron chi connectivity index (χ2n) is 4.39. The Bertz CT molecular complexity index is 508. The van der Waals surface area contributed by atoms with Gasteiger partial charge in [-0.2, -0.15) is 0 Å². The van der Waals surface area contributed by atoms with Gasteiger partial charge in [0.25, 0.3) is 0 Å². The van der Waals surface area contributed by atoms with Gasteiger partial charge in [-0.15, -0.1) is 0 Å². The molecule has 0 aliphatic heterocycles. The Morgan fingerprint density at radius 1 is 1.11 bits per heavy atom. The van der Waals surface area contributed by atoms with Gasteiger partial charge in [0.2, 0.25) is 0 Å². The van der Waals surface area contributed by atoms with Gasteiger partial charge in [-0.05, 0) is 43.1 Å². The molecular formula is C15H19N3. The van der Waals surface area contributed by atoms with Crippen LogP contribution in [0.5, 0.6) is 0 Å². The van der Waals surface area contributed by atoms with Crippen molar-refractivity contribution in [3.63, 3.8) is 0 Å². The van der Waals surface area contributed by atoms with Crippen LogP contribution in [0.3, 0.4) is 0 Å². The second-order valence-corrected chi connectivity index (χ2v) is 4.39. The summed E-state index contributed by atoms with van der Waals surface area (Å²) in [5.41, 5.74) is 3.85. The van der Waals surface area contributed by atoms with Crippen molar-refractivity contribution in [1.29, 1.82) is 0 Å². The zero-order valence-corrected chi connectivity index (χ0v) is 11.1. The van der Waals surface area contributed by atoms with Gasteiger partial charge in [0, 0.05) is 12.4 Å². The zero-order chi connectivity index (χ0) is 13.0. The van der Waals surface area contributed by atoms with E-state index in [1.807, 2.05) is 6.07 Å². The van der Waals surface area contributed by atoms with Gasteiger partial charge >= 0.3 is 0 Å². The van der Waals surface area contributed by atoms with Crippen LogP contribution in [-0.4, -0.2) is 16.5 Å². The molecule has 1 N–H and O–H groups in total. The average molecular weight is 241 g/mol. The topological polar surface area (TPSA) is 37.8 Å². The Labute approximate surface area is 108 Å². The van der Waals surface area contributed by atoms with Crippen LogP contribution in [0, 0.1) is 13.8 Å². The molecule has 0 radical (unpaired) electrons. The van der Waals surface area contributed by atoms with E-state index in [0.29, 0.717) is 0 Å². The molecule has 0 spiro atoms. The van der Waals surface area contributed by atoms with Crippen LogP contribution >= 0.6 is 0 Å².